The van der Waals surface area contributed by atoms with Gasteiger partial charge < -0.3 is 5.43 Å². The highest BCUT2D eigenvalue weighted by molar-refractivity contribution is 5.63. The Labute approximate surface area is 79.4 Å². The first kappa shape index (κ1) is 9.99. The van der Waals surface area contributed by atoms with Crippen LogP contribution in [0.5, 0.6) is 0 Å². The summed E-state index contributed by atoms with van der Waals surface area (Å²) in [7, 11) is 0. The molecule has 0 fully saturated rings. The minimum atomic E-state index is 0.514. The fourth-order valence-electron chi connectivity index (χ4n) is 1.38. The highest BCUT2D eigenvalue weighted by atomic mass is 15.3. The van der Waals surface area contributed by atoms with Crippen molar-refractivity contribution < 1.29 is 0 Å². The number of rotatable bonds is 2. The van der Waals surface area contributed by atoms with Gasteiger partial charge in [0.1, 0.15) is 5.82 Å². The van der Waals surface area contributed by atoms with Crippen molar-refractivity contribution >= 4 is 6.21 Å². The second kappa shape index (κ2) is 4.23. The molecule has 1 unspecified atom stereocenters. The second-order valence-corrected chi connectivity index (χ2v) is 3.55. The van der Waals surface area contributed by atoms with Crippen LogP contribution in [0.1, 0.15) is 26.7 Å². The van der Waals surface area contributed by atoms with Crippen molar-refractivity contribution in [2.75, 3.05) is 0 Å². The molecular weight excluding hydrogens is 162 g/mol. The maximum absolute atomic E-state index is 5.38. The van der Waals surface area contributed by atoms with Crippen molar-refractivity contribution in [2.45, 2.75) is 26.7 Å². The van der Waals surface area contributed by atoms with Crippen LogP contribution >= 0.6 is 0 Å². The molecule has 0 saturated heterocycles. The van der Waals surface area contributed by atoms with Crippen molar-refractivity contribution in [3.8, 4) is 0 Å². The number of nitrogens with two attached hydrogens (primary N) is 1. The predicted molar refractivity (Wildman–Crippen MR) is 56.1 cm³/mol. The number of nitrogens with zero attached hydrogens (tertiary/aromatic N) is 1. The highest BCUT2D eigenvalue weighted by Crippen LogP contribution is 2.23. The van der Waals surface area contributed by atoms with E-state index in [1.165, 1.54) is 0 Å². The number of hydrazine groups is 1. The van der Waals surface area contributed by atoms with Crippen LogP contribution in [-0.4, -0.2) is 6.21 Å². The van der Waals surface area contributed by atoms with Crippen LogP contribution in [0, 0.1) is 5.92 Å². The summed E-state index contributed by atoms with van der Waals surface area (Å²) in [5.41, 5.74) is 4.80. The van der Waals surface area contributed by atoms with E-state index in [2.05, 4.69) is 23.9 Å². The molecule has 3 N–H and O–H groups in total. The lowest BCUT2D eigenvalue weighted by Crippen LogP contribution is -2.21. The van der Waals surface area contributed by atoms with E-state index in [9.17, 15) is 0 Å². The zero-order valence-corrected chi connectivity index (χ0v) is 8.30. The van der Waals surface area contributed by atoms with Gasteiger partial charge in [0, 0.05) is 6.21 Å². The first-order valence-electron chi connectivity index (χ1n) is 4.55. The third kappa shape index (κ3) is 2.42. The van der Waals surface area contributed by atoms with Gasteiger partial charge in [-0.15, -0.1) is 0 Å². The topological polar surface area (TPSA) is 50.4 Å². The van der Waals surface area contributed by atoms with Crippen molar-refractivity contribution in [1.29, 1.82) is 0 Å². The standard InChI is InChI=1S/C10H17N3/c1-7(2)9-5-4-8(3)6-12-10(9)13-11/h6,8,13H,1,4-5,11H2,2-3H3. The summed E-state index contributed by atoms with van der Waals surface area (Å²) in [6.45, 7) is 8.05. The van der Waals surface area contributed by atoms with E-state index in [1.807, 2.05) is 13.1 Å². The molecule has 13 heavy (non-hydrogen) atoms. The van der Waals surface area contributed by atoms with Crippen LogP contribution in [0.25, 0.3) is 0 Å². The summed E-state index contributed by atoms with van der Waals surface area (Å²) < 4.78 is 0. The van der Waals surface area contributed by atoms with Gasteiger partial charge >= 0.3 is 0 Å². The Morgan fingerprint density at radius 2 is 2.46 bits per heavy atom. The molecule has 0 saturated carbocycles. The fraction of sp³-hybridized carbons (Fsp3) is 0.500. The van der Waals surface area contributed by atoms with Crippen molar-refractivity contribution in [2.24, 2.45) is 16.8 Å². The lowest BCUT2D eigenvalue weighted by molar-refractivity contribution is 0.695. The van der Waals surface area contributed by atoms with E-state index in [0.717, 1.165) is 29.8 Å². The Morgan fingerprint density at radius 3 is 3.00 bits per heavy atom. The monoisotopic (exact) mass is 179 g/mol. The van der Waals surface area contributed by atoms with E-state index in [0.29, 0.717) is 5.92 Å². The largest absolute Gasteiger partial charge is 0.308 e. The number of hydrogen-bond acceptors (Lipinski definition) is 3. The van der Waals surface area contributed by atoms with Gasteiger partial charge in [-0.2, -0.15) is 0 Å². The van der Waals surface area contributed by atoms with Crippen LogP contribution in [0.4, 0.5) is 0 Å². The third-order valence-electron chi connectivity index (χ3n) is 2.25. The predicted octanol–water partition coefficient (Wildman–Crippen LogP) is 1.74. The van der Waals surface area contributed by atoms with Gasteiger partial charge in [-0.25, -0.2) is 10.8 Å². The molecule has 0 aromatic heterocycles. The first-order chi connectivity index (χ1) is 6.15. The lowest BCUT2D eigenvalue weighted by Gasteiger charge is -2.08. The van der Waals surface area contributed by atoms with Gasteiger partial charge in [-0.3, -0.25) is 0 Å². The Balaban J connectivity index is 2.94. The molecule has 0 aromatic rings. The van der Waals surface area contributed by atoms with E-state index in [1.54, 1.807) is 0 Å². The summed E-state index contributed by atoms with van der Waals surface area (Å²) in [4.78, 5) is 4.28. The molecular formula is C10H17N3. The Bertz CT molecular complexity index is 263. The normalized spacial score (nSPS) is 22.8. The second-order valence-electron chi connectivity index (χ2n) is 3.55. The Morgan fingerprint density at radius 1 is 1.77 bits per heavy atom. The number of aliphatic imine (C=N–C) groups is 1. The highest BCUT2D eigenvalue weighted by Gasteiger charge is 2.11. The summed E-state index contributed by atoms with van der Waals surface area (Å²) in [5, 5.41) is 0. The molecule has 0 aliphatic carbocycles. The van der Waals surface area contributed by atoms with E-state index in [-0.39, 0.29) is 0 Å². The number of nitrogens with one attached hydrogen (secondary N) is 1. The molecule has 3 heteroatoms. The molecule has 1 aliphatic rings. The fourth-order valence-corrected chi connectivity index (χ4v) is 1.38. The Hall–Kier alpha value is -1.09. The molecule has 0 spiro atoms. The third-order valence-corrected chi connectivity index (χ3v) is 2.25. The quantitative estimate of drug-likeness (QED) is 0.501. The number of hydrogen-bond donors (Lipinski definition) is 2. The van der Waals surface area contributed by atoms with Gasteiger partial charge in [0.15, 0.2) is 0 Å². The van der Waals surface area contributed by atoms with Crippen LogP contribution < -0.4 is 11.3 Å². The molecule has 72 valence electrons. The van der Waals surface area contributed by atoms with Crippen molar-refractivity contribution in [3.05, 3.63) is 23.5 Å². The minimum absolute atomic E-state index is 0.514. The van der Waals surface area contributed by atoms with E-state index in [4.69, 9.17) is 5.84 Å². The molecule has 3 nitrogen and oxygen atoms in total. The summed E-state index contributed by atoms with van der Waals surface area (Å²) in [6.07, 6.45) is 4.04. The van der Waals surface area contributed by atoms with Gasteiger partial charge in [-0.05, 0) is 31.3 Å². The molecule has 0 bridgehead atoms. The maximum Gasteiger partial charge on any atom is 0.142 e. The maximum atomic E-state index is 5.38. The average molecular weight is 179 g/mol. The van der Waals surface area contributed by atoms with Crippen LogP contribution in [-0.2, 0) is 0 Å². The summed E-state index contributed by atoms with van der Waals surface area (Å²) in [5.74, 6) is 6.66. The molecule has 0 aromatic carbocycles. The van der Waals surface area contributed by atoms with Crippen molar-refractivity contribution in [3.63, 3.8) is 0 Å². The molecule has 1 aliphatic heterocycles. The van der Waals surface area contributed by atoms with Gasteiger partial charge in [0.2, 0.25) is 0 Å². The zero-order valence-electron chi connectivity index (χ0n) is 8.30. The minimum Gasteiger partial charge on any atom is -0.308 e. The van der Waals surface area contributed by atoms with E-state index < -0.39 is 0 Å². The number of allylic oxidation sites excluding steroid dienone is 2. The lowest BCUT2D eigenvalue weighted by atomic mass is 9.99. The van der Waals surface area contributed by atoms with Crippen LogP contribution in [0.15, 0.2) is 28.5 Å². The van der Waals surface area contributed by atoms with E-state index >= 15 is 0 Å². The van der Waals surface area contributed by atoms with Gasteiger partial charge in [0.05, 0.1) is 0 Å². The van der Waals surface area contributed by atoms with Crippen LogP contribution in [0.3, 0.4) is 0 Å². The zero-order chi connectivity index (χ0) is 9.84. The molecule has 1 atom stereocenters. The van der Waals surface area contributed by atoms with Crippen molar-refractivity contribution in [1.82, 2.24) is 5.43 Å². The first-order valence-corrected chi connectivity index (χ1v) is 4.55. The van der Waals surface area contributed by atoms with Gasteiger partial charge in [0.25, 0.3) is 0 Å². The Kier molecular flexibility index (Phi) is 3.25. The van der Waals surface area contributed by atoms with Gasteiger partial charge in [-0.1, -0.05) is 19.1 Å². The summed E-state index contributed by atoms with van der Waals surface area (Å²) in [6, 6.07) is 0. The average Bonchev–Trinajstić information content (AvgIpc) is 2.26. The molecule has 0 amide bonds. The molecule has 1 rings (SSSR count). The molecule has 0 radical (unpaired) electrons. The molecule has 1 heterocycles. The van der Waals surface area contributed by atoms with Crippen LogP contribution in [0.2, 0.25) is 0 Å². The SMILES string of the molecule is C=C(C)C1=C(NN)N=CC(C)CC1. The summed E-state index contributed by atoms with van der Waals surface area (Å²) >= 11 is 0. The smallest absolute Gasteiger partial charge is 0.142 e.